The predicted molar refractivity (Wildman–Crippen MR) is 81.2 cm³/mol. The third kappa shape index (κ3) is 2.51. The third-order valence-electron chi connectivity index (χ3n) is 5.15. The second-order valence-corrected chi connectivity index (χ2v) is 6.29. The highest BCUT2D eigenvalue weighted by molar-refractivity contribution is 5.49. The first kappa shape index (κ1) is 13.7. The Morgan fingerprint density at radius 2 is 2.05 bits per heavy atom. The van der Waals surface area contributed by atoms with Gasteiger partial charge >= 0.3 is 0 Å². The molecule has 1 aromatic carbocycles. The lowest BCUT2D eigenvalue weighted by Crippen LogP contribution is -2.56. The normalized spacial score (nSPS) is 33.3. The summed E-state index contributed by atoms with van der Waals surface area (Å²) in [5, 5.41) is 14.7. The minimum absolute atomic E-state index is 0.175. The zero-order chi connectivity index (χ0) is 14.0. The van der Waals surface area contributed by atoms with E-state index >= 15 is 0 Å². The molecule has 2 aliphatic rings. The molecule has 2 fully saturated rings. The van der Waals surface area contributed by atoms with Gasteiger partial charge in [-0.1, -0.05) is 25.3 Å². The Morgan fingerprint density at radius 1 is 1.20 bits per heavy atom. The Kier molecular flexibility index (Phi) is 3.88. The molecule has 0 aliphatic heterocycles. The molecular formula is C17H25NO2. The zero-order valence-corrected chi connectivity index (χ0v) is 12.3. The van der Waals surface area contributed by atoms with Crippen LogP contribution in [-0.2, 0) is 0 Å². The van der Waals surface area contributed by atoms with Crippen molar-refractivity contribution in [3.8, 4) is 5.75 Å². The van der Waals surface area contributed by atoms with Crippen molar-refractivity contribution in [1.29, 1.82) is 0 Å². The molecular weight excluding hydrogens is 250 g/mol. The van der Waals surface area contributed by atoms with Crippen molar-refractivity contribution in [3.05, 3.63) is 24.3 Å². The summed E-state index contributed by atoms with van der Waals surface area (Å²) in [6.45, 7) is 0. The molecule has 1 aromatic rings. The molecule has 2 aliphatic carbocycles. The Morgan fingerprint density at radius 3 is 2.90 bits per heavy atom. The van der Waals surface area contributed by atoms with Crippen LogP contribution in [-0.4, -0.2) is 23.9 Å². The molecule has 3 rings (SSSR count). The summed E-state index contributed by atoms with van der Waals surface area (Å²) in [5.41, 5.74) is 0.536. The van der Waals surface area contributed by atoms with Crippen molar-refractivity contribution in [2.45, 2.75) is 56.6 Å². The predicted octanol–water partition coefficient (Wildman–Crippen LogP) is 3.58. The maximum absolute atomic E-state index is 11.1. The van der Waals surface area contributed by atoms with Crippen molar-refractivity contribution in [2.24, 2.45) is 5.92 Å². The number of anilines is 1. The Bertz CT molecular complexity index is 460. The lowest BCUT2D eigenvalue weighted by atomic mass is 9.65. The molecule has 3 heteroatoms. The average molecular weight is 275 g/mol. The minimum atomic E-state index is -0.514. The fourth-order valence-electron chi connectivity index (χ4n) is 4.04. The number of rotatable bonds is 3. The molecule has 0 radical (unpaired) electrons. The van der Waals surface area contributed by atoms with Crippen molar-refractivity contribution >= 4 is 5.69 Å². The van der Waals surface area contributed by atoms with Gasteiger partial charge in [-0.05, 0) is 43.7 Å². The monoisotopic (exact) mass is 275 g/mol. The van der Waals surface area contributed by atoms with Crippen LogP contribution in [0.1, 0.15) is 44.9 Å². The van der Waals surface area contributed by atoms with Crippen LogP contribution in [0, 0.1) is 5.92 Å². The second kappa shape index (κ2) is 5.65. The van der Waals surface area contributed by atoms with Crippen LogP contribution in [0.2, 0.25) is 0 Å². The minimum Gasteiger partial charge on any atom is -0.497 e. The van der Waals surface area contributed by atoms with E-state index in [2.05, 4.69) is 11.4 Å². The van der Waals surface area contributed by atoms with Gasteiger partial charge in [0, 0.05) is 11.8 Å². The van der Waals surface area contributed by atoms with Gasteiger partial charge in [-0.3, -0.25) is 0 Å². The van der Waals surface area contributed by atoms with E-state index in [1.807, 2.05) is 18.2 Å². The molecule has 3 atom stereocenters. The van der Waals surface area contributed by atoms with Gasteiger partial charge in [0.25, 0.3) is 0 Å². The zero-order valence-electron chi connectivity index (χ0n) is 12.3. The molecule has 3 unspecified atom stereocenters. The molecule has 2 N–H and O–H groups in total. The smallest absolute Gasteiger partial charge is 0.120 e. The number of nitrogens with one attached hydrogen (secondary N) is 1. The summed E-state index contributed by atoms with van der Waals surface area (Å²) < 4.78 is 5.27. The summed E-state index contributed by atoms with van der Waals surface area (Å²) in [4.78, 5) is 0. The average Bonchev–Trinajstić information content (AvgIpc) is 2.48. The molecule has 0 saturated heterocycles. The maximum Gasteiger partial charge on any atom is 0.120 e. The first-order chi connectivity index (χ1) is 9.72. The molecule has 2 saturated carbocycles. The van der Waals surface area contributed by atoms with E-state index in [1.54, 1.807) is 7.11 Å². The quantitative estimate of drug-likeness (QED) is 0.886. The summed E-state index contributed by atoms with van der Waals surface area (Å²) in [6.07, 6.45) is 8.03. The van der Waals surface area contributed by atoms with E-state index in [0.29, 0.717) is 5.92 Å². The number of hydrogen-bond acceptors (Lipinski definition) is 3. The van der Waals surface area contributed by atoms with Gasteiger partial charge in [-0.25, -0.2) is 0 Å². The number of aliphatic hydroxyl groups is 1. The van der Waals surface area contributed by atoms with Crippen molar-refractivity contribution < 1.29 is 9.84 Å². The standard InChI is InChI=1S/C17H25NO2/c1-20-15-9-5-8-14(12-15)18-16-10-4-7-13-6-2-3-11-17(13,16)19/h5,8-9,12-13,16,18-19H,2-4,6-7,10-11H2,1H3. The van der Waals surface area contributed by atoms with Crippen LogP contribution in [0.4, 0.5) is 5.69 Å². The van der Waals surface area contributed by atoms with E-state index in [1.165, 1.54) is 25.7 Å². The van der Waals surface area contributed by atoms with Crippen LogP contribution >= 0.6 is 0 Å². The van der Waals surface area contributed by atoms with Gasteiger partial charge in [0.1, 0.15) is 5.75 Å². The number of methoxy groups -OCH3 is 1. The Labute approximate surface area is 121 Å². The molecule has 20 heavy (non-hydrogen) atoms. The Balaban J connectivity index is 1.77. The lowest BCUT2D eigenvalue weighted by molar-refractivity contribution is -0.0835. The SMILES string of the molecule is COc1cccc(NC2CCCC3CCCCC32O)c1. The summed E-state index contributed by atoms with van der Waals surface area (Å²) in [5.74, 6) is 1.34. The molecule has 110 valence electrons. The van der Waals surface area contributed by atoms with Crippen LogP contribution in [0.5, 0.6) is 5.75 Å². The topological polar surface area (TPSA) is 41.5 Å². The van der Waals surface area contributed by atoms with E-state index in [-0.39, 0.29) is 6.04 Å². The molecule has 0 bridgehead atoms. The molecule has 0 spiro atoms. The first-order valence-corrected chi connectivity index (χ1v) is 7.85. The highest BCUT2D eigenvalue weighted by Crippen LogP contribution is 2.44. The molecule has 0 heterocycles. The second-order valence-electron chi connectivity index (χ2n) is 6.29. The van der Waals surface area contributed by atoms with Gasteiger partial charge in [-0.2, -0.15) is 0 Å². The lowest BCUT2D eigenvalue weighted by Gasteiger charge is -2.49. The van der Waals surface area contributed by atoms with Crippen molar-refractivity contribution in [2.75, 3.05) is 12.4 Å². The fourth-order valence-corrected chi connectivity index (χ4v) is 4.04. The van der Waals surface area contributed by atoms with Crippen molar-refractivity contribution in [1.82, 2.24) is 0 Å². The van der Waals surface area contributed by atoms with Gasteiger partial charge in [-0.15, -0.1) is 0 Å². The highest BCUT2D eigenvalue weighted by Gasteiger charge is 2.47. The van der Waals surface area contributed by atoms with Gasteiger partial charge in [0.2, 0.25) is 0 Å². The van der Waals surface area contributed by atoms with E-state index in [9.17, 15) is 5.11 Å². The van der Waals surface area contributed by atoms with Gasteiger partial charge in [0.15, 0.2) is 0 Å². The van der Waals surface area contributed by atoms with Crippen molar-refractivity contribution in [3.63, 3.8) is 0 Å². The van der Waals surface area contributed by atoms with Gasteiger partial charge in [0.05, 0.1) is 18.8 Å². The summed E-state index contributed by atoms with van der Waals surface area (Å²) in [6, 6.07) is 8.18. The summed E-state index contributed by atoms with van der Waals surface area (Å²) in [7, 11) is 1.68. The number of fused-ring (bicyclic) bond motifs is 1. The number of ether oxygens (including phenoxy) is 1. The van der Waals surface area contributed by atoms with Crippen LogP contribution < -0.4 is 10.1 Å². The van der Waals surface area contributed by atoms with Crippen LogP contribution in [0.25, 0.3) is 0 Å². The maximum atomic E-state index is 11.1. The molecule has 0 amide bonds. The van der Waals surface area contributed by atoms with E-state index < -0.39 is 5.60 Å². The van der Waals surface area contributed by atoms with Gasteiger partial charge < -0.3 is 15.2 Å². The number of benzene rings is 1. The fraction of sp³-hybridized carbons (Fsp3) is 0.647. The Hall–Kier alpha value is -1.22. The van der Waals surface area contributed by atoms with E-state index in [4.69, 9.17) is 4.74 Å². The van der Waals surface area contributed by atoms with Crippen LogP contribution in [0.3, 0.4) is 0 Å². The van der Waals surface area contributed by atoms with E-state index in [0.717, 1.165) is 30.7 Å². The number of hydrogen-bond donors (Lipinski definition) is 2. The largest absolute Gasteiger partial charge is 0.497 e. The summed E-state index contributed by atoms with van der Waals surface area (Å²) >= 11 is 0. The first-order valence-electron chi connectivity index (χ1n) is 7.85. The molecule has 3 nitrogen and oxygen atoms in total. The highest BCUT2D eigenvalue weighted by atomic mass is 16.5. The third-order valence-corrected chi connectivity index (χ3v) is 5.15. The molecule has 0 aromatic heterocycles. The van der Waals surface area contributed by atoms with Crippen LogP contribution in [0.15, 0.2) is 24.3 Å².